The van der Waals surface area contributed by atoms with Crippen LogP contribution in [0.5, 0.6) is 0 Å². The number of pyridine rings is 1. The minimum absolute atomic E-state index is 0.00694. The zero-order valence-corrected chi connectivity index (χ0v) is 8.97. The Kier molecular flexibility index (Phi) is 2.13. The van der Waals surface area contributed by atoms with E-state index in [1.165, 1.54) is 12.8 Å². The fourth-order valence-corrected chi connectivity index (χ4v) is 2.15. The molecular weight excluding hydrogens is 202 g/mol. The van der Waals surface area contributed by atoms with Crippen molar-refractivity contribution in [3.8, 4) is 0 Å². The van der Waals surface area contributed by atoms with Gasteiger partial charge in [0.15, 0.2) is 0 Å². The largest absolute Gasteiger partial charge is 0.356 e. The summed E-state index contributed by atoms with van der Waals surface area (Å²) in [5, 5.41) is 0. The molecule has 0 bridgehead atoms. The van der Waals surface area contributed by atoms with Gasteiger partial charge in [-0.25, -0.2) is 4.98 Å². The minimum atomic E-state index is -0.00694. The number of hydrogen-bond donors (Lipinski definition) is 0. The maximum atomic E-state index is 11.9. The van der Waals surface area contributed by atoms with Crippen molar-refractivity contribution in [2.24, 2.45) is 0 Å². The Balaban J connectivity index is 2.17. The number of aromatic nitrogens is 2. The lowest BCUT2D eigenvalue weighted by molar-refractivity contribution is 0.919. The second kappa shape index (κ2) is 3.63. The van der Waals surface area contributed by atoms with E-state index < -0.39 is 0 Å². The third-order valence-corrected chi connectivity index (χ3v) is 2.99. The first-order valence-electron chi connectivity index (χ1n) is 5.58. The van der Waals surface area contributed by atoms with Gasteiger partial charge >= 0.3 is 0 Å². The fourth-order valence-electron chi connectivity index (χ4n) is 2.15. The van der Waals surface area contributed by atoms with Gasteiger partial charge in [-0.2, -0.15) is 0 Å². The van der Waals surface area contributed by atoms with Crippen LogP contribution in [-0.4, -0.2) is 22.5 Å². The molecule has 1 aliphatic rings. The molecule has 1 aliphatic heterocycles. The van der Waals surface area contributed by atoms with Crippen molar-refractivity contribution in [1.29, 1.82) is 0 Å². The van der Waals surface area contributed by atoms with Crippen molar-refractivity contribution in [3.05, 3.63) is 40.8 Å². The molecule has 4 heteroatoms. The van der Waals surface area contributed by atoms with E-state index in [2.05, 4.69) is 9.88 Å². The molecule has 0 aliphatic carbocycles. The van der Waals surface area contributed by atoms with Crippen molar-refractivity contribution in [2.75, 3.05) is 18.0 Å². The van der Waals surface area contributed by atoms with Gasteiger partial charge in [0, 0.05) is 25.4 Å². The predicted octanol–water partition coefficient (Wildman–Crippen LogP) is 1.29. The van der Waals surface area contributed by atoms with Crippen LogP contribution >= 0.6 is 0 Å². The molecule has 0 amide bonds. The first kappa shape index (κ1) is 9.39. The maximum Gasteiger partial charge on any atom is 0.259 e. The standard InChI is InChI=1S/C12H13N3O/c16-12-9-11(14-6-3-4-7-14)13-10-5-1-2-8-15(10)12/h1-2,5,8-9H,3-4,6-7H2. The second-order valence-electron chi connectivity index (χ2n) is 4.08. The van der Waals surface area contributed by atoms with Crippen LogP contribution in [0.25, 0.3) is 5.65 Å². The average Bonchev–Trinajstić information content (AvgIpc) is 2.82. The summed E-state index contributed by atoms with van der Waals surface area (Å²) >= 11 is 0. The van der Waals surface area contributed by atoms with Gasteiger partial charge in [-0.3, -0.25) is 9.20 Å². The Labute approximate surface area is 93.2 Å². The monoisotopic (exact) mass is 215 g/mol. The fraction of sp³-hybridized carbons (Fsp3) is 0.333. The van der Waals surface area contributed by atoms with Crippen molar-refractivity contribution >= 4 is 11.5 Å². The van der Waals surface area contributed by atoms with Gasteiger partial charge in [0.25, 0.3) is 5.56 Å². The molecule has 0 saturated carbocycles. The molecule has 0 atom stereocenters. The van der Waals surface area contributed by atoms with Crippen LogP contribution in [0.1, 0.15) is 12.8 Å². The summed E-state index contributed by atoms with van der Waals surface area (Å²) in [5.74, 6) is 0.814. The molecule has 1 saturated heterocycles. The molecule has 3 heterocycles. The number of anilines is 1. The van der Waals surface area contributed by atoms with E-state index in [1.54, 1.807) is 16.7 Å². The van der Waals surface area contributed by atoms with Crippen LogP contribution in [0.15, 0.2) is 35.3 Å². The molecule has 0 aromatic carbocycles. The van der Waals surface area contributed by atoms with E-state index in [1.807, 2.05) is 18.2 Å². The first-order valence-corrected chi connectivity index (χ1v) is 5.58. The first-order chi connectivity index (χ1) is 7.84. The Hall–Kier alpha value is -1.84. The molecule has 3 rings (SSSR count). The highest BCUT2D eigenvalue weighted by Crippen LogP contribution is 2.16. The Bertz CT molecular complexity index is 570. The van der Waals surface area contributed by atoms with Crippen LogP contribution in [0.3, 0.4) is 0 Å². The van der Waals surface area contributed by atoms with E-state index >= 15 is 0 Å². The van der Waals surface area contributed by atoms with Gasteiger partial charge in [0.05, 0.1) is 0 Å². The number of rotatable bonds is 1. The predicted molar refractivity (Wildman–Crippen MR) is 62.9 cm³/mol. The third kappa shape index (κ3) is 1.46. The third-order valence-electron chi connectivity index (χ3n) is 2.99. The van der Waals surface area contributed by atoms with E-state index in [0.717, 1.165) is 24.6 Å². The molecular formula is C12H13N3O. The maximum absolute atomic E-state index is 11.9. The highest BCUT2D eigenvalue weighted by atomic mass is 16.1. The number of hydrogen-bond acceptors (Lipinski definition) is 3. The van der Waals surface area contributed by atoms with Crippen molar-refractivity contribution in [2.45, 2.75) is 12.8 Å². The lowest BCUT2D eigenvalue weighted by Crippen LogP contribution is -2.23. The normalized spacial score (nSPS) is 15.9. The highest BCUT2D eigenvalue weighted by Gasteiger charge is 2.14. The summed E-state index contributed by atoms with van der Waals surface area (Å²) in [6.07, 6.45) is 4.13. The van der Waals surface area contributed by atoms with Crippen molar-refractivity contribution in [3.63, 3.8) is 0 Å². The number of nitrogens with zero attached hydrogens (tertiary/aromatic N) is 3. The molecule has 2 aromatic rings. The average molecular weight is 215 g/mol. The van der Waals surface area contributed by atoms with E-state index in [0.29, 0.717) is 0 Å². The molecule has 82 valence electrons. The molecule has 1 fully saturated rings. The van der Waals surface area contributed by atoms with Crippen LogP contribution in [0.2, 0.25) is 0 Å². The zero-order chi connectivity index (χ0) is 11.0. The molecule has 16 heavy (non-hydrogen) atoms. The van der Waals surface area contributed by atoms with Crippen LogP contribution in [0.4, 0.5) is 5.82 Å². The van der Waals surface area contributed by atoms with Gasteiger partial charge in [-0.15, -0.1) is 0 Å². The zero-order valence-electron chi connectivity index (χ0n) is 8.97. The smallest absolute Gasteiger partial charge is 0.259 e. The minimum Gasteiger partial charge on any atom is -0.356 e. The highest BCUT2D eigenvalue weighted by molar-refractivity contribution is 5.48. The number of fused-ring (bicyclic) bond motifs is 1. The quantitative estimate of drug-likeness (QED) is 0.719. The van der Waals surface area contributed by atoms with E-state index in [-0.39, 0.29) is 5.56 Å². The van der Waals surface area contributed by atoms with Crippen molar-refractivity contribution in [1.82, 2.24) is 9.38 Å². The molecule has 0 spiro atoms. The van der Waals surface area contributed by atoms with Gasteiger partial charge in [-0.05, 0) is 25.0 Å². The lowest BCUT2D eigenvalue weighted by atomic mass is 10.4. The van der Waals surface area contributed by atoms with E-state index in [9.17, 15) is 4.79 Å². The molecule has 0 N–H and O–H groups in total. The Morgan fingerprint density at radius 2 is 2.00 bits per heavy atom. The summed E-state index contributed by atoms with van der Waals surface area (Å²) in [7, 11) is 0. The van der Waals surface area contributed by atoms with E-state index in [4.69, 9.17) is 0 Å². The van der Waals surface area contributed by atoms with Gasteiger partial charge in [0.2, 0.25) is 0 Å². The summed E-state index contributed by atoms with van der Waals surface area (Å²) in [6, 6.07) is 7.22. The Morgan fingerprint density at radius 3 is 2.81 bits per heavy atom. The molecule has 0 radical (unpaired) electrons. The van der Waals surface area contributed by atoms with Crippen molar-refractivity contribution < 1.29 is 0 Å². The molecule has 0 unspecified atom stereocenters. The second-order valence-corrected chi connectivity index (χ2v) is 4.08. The van der Waals surface area contributed by atoms with Gasteiger partial charge < -0.3 is 4.90 Å². The SMILES string of the molecule is O=c1cc(N2CCCC2)nc2ccccn12. The van der Waals surface area contributed by atoms with Crippen LogP contribution in [-0.2, 0) is 0 Å². The van der Waals surface area contributed by atoms with Crippen LogP contribution in [0, 0.1) is 0 Å². The summed E-state index contributed by atoms with van der Waals surface area (Å²) in [5.41, 5.74) is 0.712. The van der Waals surface area contributed by atoms with Gasteiger partial charge in [-0.1, -0.05) is 6.07 Å². The lowest BCUT2D eigenvalue weighted by Gasteiger charge is -2.16. The summed E-state index contributed by atoms with van der Waals surface area (Å²) < 4.78 is 1.57. The molecule has 2 aromatic heterocycles. The summed E-state index contributed by atoms with van der Waals surface area (Å²) in [4.78, 5) is 18.5. The molecule has 4 nitrogen and oxygen atoms in total. The summed E-state index contributed by atoms with van der Waals surface area (Å²) in [6.45, 7) is 2.02. The Morgan fingerprint density at radius 1 is 1.19 bits per heavy atom. The van der Waals surface area contributed by atoms with Crippen LogP contribution < -0.4 is 10.5 Å². The topological polar surface area (TPSA) is 37.6 Å². The van der Waals surface area contributed by atoms with Gasteiger partial charge in [0.1, 0.15) is 11.5 Å².